The maximum atomic E-state index is 13.7. The lowest BCUT2D eigenvalue weighted by Gasteiger charge is -2.10. The highest BCUT2D eigenvalue weighted by molar-refractivity contribution is 5.79. The summed E-state index contributed by atoms with van der Waals surface area (Å²) in [5.74, 6) is 5.01. The van der Waals surface area contributed by atoms with Gasteiger partial charge in [0.25, 0.3) is 0 Å². The third kappa shape index (κ3) is 4.55. The average Bonchev–Trinajstić information content (AvgIpc) is 3.02. The highest BCUT2D eigenvalue weighted by Gasteiger charge is 2.23. The van der Waals surface area contributed by atoms with Crippen molar-refractivity contribution in [1.82, 2.24) is 5.32 Å². The average molecular weight is 291 g/mol. The van der Waals surface area contributed by atoms with Gasteiger partial charge in [-0.05, 0) is 24.6 Å². The van der Waals surface area contributed by atoms with Crippen LogP contribution in [0.4, 0.5) is 4.39 Å². The van der Waals surface area contributed by atoms with Crippen LogP contribution in [-0.2, 0) is 16.1 Å². The number of hydrogen-bond acceptors (Lipinski definition) is 3. The largest absolute Gasteiger partial charge is 0.395 e. The van der Waals surface area contributed by atoms with Crippen molar-refractivity contribution in [2.24, 2.45) is 5.92 Å². The molecule has 1 saturated heterocycles. The lowest BCUT2D eigenvalue weighted by atomic mass is 10.1. The molecular formula is C16H18FNO3. The molecule has 2 rings (SSSR count). The molecular weight excluding hydrogens is 273 g/mol. The minimum absolute atomic E-state index is 0.000564. The highest BCUT2D eigenvalue weighted by atomic mass is 19.1. The van der Waals surface area contributed by atoms with Crippen molar-refractivity contribution >= 4 is 5.91 Å². The molecule has 112 valence electrons. The third-order valence-electron chi connectivity index (χ3n) is 3.27. The fourth-order valence-electron chi connectivity index (χ4n) is 2.08. The molecule has 1 amide bonds. The molecule has 1 unspecified atom stereocenters. The van der Waals surface area contributed by atoms with E-state index < -0.39 is 0 Å². The second-order valence-electron chi connectivity index (χ2n) is 4.86. The Balaban J connectivity index is 1.97. The van der Waals surface area contributed by atoms with Gasteiger partial charge in [0.2, 0.25) is 5.91 Å². The van der Waals surface area contributed by atoms with Crippen molar-refractivity contribution in [3.8, 4) is 11.8 Å². The molecule has 0 aromatic heterocycles. The molecule has 4 nitrogen and oxygen atoms in total. The van der Waals surface area contributed by atoms with Gasteiger partial charge in [-0.1, -0.05) is 11.8 Å². The normalized spacial score (nSPS) is 17.1. The summed E-state index contributed by atoms with van der Waals surface area (Å²) < 4.78 is 18.9. The third-order valence-corrected chi connectivity index (χ3v) is 3.27. The first-order valence-corrected chi connectivity index (χ1v) is 6.94. The van der Waals surface area contributed by atoms with Crippen molar-refractivity contribution in [2.45, 2.75) is 19.4 Å². The van der Waals surface area contributed by atoms with E-state index in [4.69, 9.17) is 9.84 Å². The summed E-state index contributed by atoms with van der Waals surface area (Å²) in [6, 6.07) is 4.53. The van der Waals surface area contributed by atoms with Crippen LogP contribution in [0.3, 0.4) is 0 Å². The van der Waals surface area contributed by atoms with Crippen LogP contribution in [0.2, 0.25) is 0 Å². The number of aliphatic hydroxyl groups is 1. The summed E-state index contributed by atoms with van der Waals surface area (Å²) >= 11 is 0. The lowest BCUT2D eigenvalue weighted by Crippen LogP contribution is -2.30. The topological polar surface area (TPSA) is 58.6 Å². The summed E-state index contributed by atoms with van der Waals surface area (Å²) in [6.45, 7) is 1.17. The van der Waals surface area contributed by atoms with E-state index in [2.05, 4.69) is 17.2 Å². The van der Waals surface area contributed by atoms with Crippen LogP contribution in [0.1, 0.15) is 24.0 Å². The number of benzene rings is 1. The van der Waals surface area contributed by atoms with Crippen molar-refractivity contribution in [3.05, 3.63) is 35.1 Å². The Hall–Kier alpha value is -1.90. The van der Waals surface area contributed by atoms with Gasteiger partial charge < -0.3 is 15.2 Å². The van der Waals surface area contributed by atoms with Crippen LogP contribution < -0.4 is 5.32 Å². The van der Waals surface area contributed by atoms with Gasteiger partial charge in [0.05, 0.1) is 19.1 Å². The Morgan fingerprint density at radius 1 is 1.52 bits per heavy atom. The molecule has 0 radical (unpaired) electrons. The second kappa shape index (κ2) is 7.77. The summed E-state index contributed by atoms with van der Waals surface area (Å²) in [5, 5.41) is 11.4. The number of carbonyl (C=O) groups is 1. The maximum Gasteiger partial charge on any atom is 0.225 e. The molecule has 1 fully saturated rings. The Morgan fingerprint density at radius 2 is 2.38 bits per heavy atom. The summed E-state index contributed by atoms with van der Waals surface area (Å²) in [5.41, 5.74) is 1.07. The van der Waals surface area contributed by atoms with E-state index in [0.717, 1.165) is 0 Å². The van der Waals surface area contributed by atoms with E-state index in [-0.39, 0.29) is 30.8 Å². The lowest BCUT2D eigenvalue weighted by molar-refractivity contribution is -0.125. The standard InChI is InChI=1S/C16H18FNO3/c17-15-5-4-12(3-1-2-7-19)9-14(15)10-18-16(20)13-6-8-21-11-13/h4-5,9,13,19H,2,6-8,10-11H2,(H,18,20). The molecule has 1 atom stereocenters. The van der Waals surface area contributed by atoms with Gasteiger partial charge in [-0.3, -0.25) is 4.79 Å². The quantitative estimate of drug-likeness (QED) is 0.820. The van der Waals surface area contributed by atoms with Gasteiger partial charge in [0.1, 0.15) is 5.82 Å². The molecule has 1 aromatic carbocycles. The number of hydrogen-bond donors (Lipinski definition) is 2. The van der Waals surface area contributed by atoms with Gasteiger partial charge >= 0.3 is 0 Å². The van der Waals surface area contributed by atoms with E-state index in [9.17, 15) is 9.18 Å². The Kier molecular flexibility index (Phi) is 5.73. The molecule has 1 aliphatic heterocycles. The van der Waals surface area contributed by atoms with Crippen molar-refractivity contribution in [2.75, 3.05) is 19.8 Å². The zero-order valence-electron chi connectivity index (χ0n) is 11.7. The minimum atomic E-state index is -0.370. The Bertz CT molecular complexity index is 556. The molecule has 1 aliphatic rings. The van der Waals surface area contributed by atoms with Crippen LogP contribution in [0, 0.1) is 23.6 Å². The predicted molar refractivity (Wildman–Crippen MR) is 75.8 cm³/mol. The van der Waals surface area contributed by atoms with Crippen LogP contribution in [0.15, 0.2) is 18.2 Å². The van der Waals surface area contributed by atoms with E-state index in [1.165, 1.54) is 6.07 Å². The van der Waals surface area contributed by atoms with Gasteiger partial charge in [-0.25, -0.2) is 4.39 Å². The number of amides is 1. The summed E-state index contributed by atoms with van der Waals surface area (Å²) in [7, 11) is 0. The number of ether oxygens (including phenoxy) is 1. The van der Waals surface area contributed by atoms with E-state index in [1.807, 2.05) is 0 Å². The van der Waals surface area contributed by atoms with E-state index >= 15 is 0 Å². The smallest absolute Gasteiger partial charge is 0.225 e. The van der Waals surface area contributed by atoms with Gasteiger partial charge in [0.15, 0.2) is 0 Å². The van der Waals surface area contributed by atoms with E-state index in [0.29, 0.717) is 37.2 Å². The molecule has 0 bridgehead atoms. The first kappa shape index (κ1) is 15.5. The zero-order chi connectivity index (χ0) is 15.1. The first-order chi connectivity index (χ1) is 10.2. The molecule has 5 heteroatoms. The van der Waals surface area contributed by atoms with Gasteiger partial charge in [-0.2, -0.15) is 0 Å². The molecule has 1 heterocycles. The van der Waals surface area contributed by atoms with Gasteiger partial charge in [-0.15, -0.1) is 0 Å². The van der Waals surface area contributed by atoms with Crippen molar-refractivity contribution < 1.29 is 19.0 Å². The SMILES string of the molecule is O=C(NCc1cc(C#CCCO)ccc1F)C1CCOC1. The fourth-order valence-corrected chi connectivity index (χ4v) is 2.08. The predicted octanol–water partition coefficient (Wildman–Crippen LogP) is 1.21. The van der Waals surface area contributed by atoms with Crippen LogP contribution in [0.25, 0.3) is 0 Å². The second-order valence-corrected chi connectivity index (χ2v) is 4.86. The van der Waals surface area contributed by atoms with Crippen LogP contribution in [-0.4, -0.2) is 30.8 Å². The van der Waals surface area contributed by atoms with Crippen molar-refractivity contribution in [3.63, 3.8) is 0 Å². The fraction of sp³-hybridized carbons (Fsp3) is 0.438. The van der Waals surface area contributed by atoms with Crippen LogP contribution in [0.5, 0.6) is 0 Å². The number of aliphatic hydroxyl groups excluding tert-OH is 1. The molecule has 2 N–H and O–H groups in total. The number of carbonyl (C=O) groups excluding carboxylic acids is 1. The van der Waals surface area contributed by atoms with Crippen LogP contribution >= 0.6 is 0 Å². The molecule has 1 aromatic rings. The minimum Gasteiger partial charge on any atom is -0.395 e. The number of rotatable bonds is 4. The molecule has 0 saturated carbocycles. The highest BCUT2D eigenvalue weighted by Crippen LogP contribution is 2.14. The Labute approximate surface area is 123 Å². The number of halogens is 1. The summed E-state index contributed by atoms with van der Waals surface area (Å²) in [6.07, 6.45) is 1.09. The monoisotopic (exact) mass is 291 g/mol. The number of nitrogens with one attached hydrogen (secondary N) is 1. The van der Waals surface area contributed by atoms with Gasteiger partial charge in [0, 0.05) is 30.7 Å². The summed E-state index contributed by atoms with van der Waals surface area (Å²) in [4.78, 5) is 11.9. The molecule has 0 spiro atoms. The van der Waals surface area contributed by atoms with E-state index in [1.54, 1.807) is 12.1 Å². The Morgan fingerprint density at radius 3 is 3.10 bits per heavy atom. The maximum absolute atomic E-state index is 13.7. The molecule has 21 heavy (non-hydrogen) atoms. The first-order valence-electron chi connectivity index (χ1n) is 6.94. The molecule has 0 aliphatic carbocycles. The zero-order valence-corrected chi connectivity index (χ0v) is 11.7. The van der Waals surface area contributed by atoms with Crippen molar-refractivity contribution in [1.29, 1.82) is 0 Å².